The van der Waals surface area contributed by atoms with Crippen molar-refractivity contribution < 1.29 is 8.78 Å². The monoisotopic (exact) mass is 381 g/mol. The molecule has 3 nitrogen and oxygen atoms in total. The van der Waals surface area contributed by atoms with Gasteiger partial charge >= 0.3 is 6.55 Å². The van der Waals surface area contributed by atoms with Crippen LogP contribution in [-0.4, -0.2) is 16.7 Å². The first-order valence-corrected chi connectivity index (χ1v) is 8.70. The van der Waals surface area contributed by atoms with Gasteiger partial charge in [-0.1, -0.05) is 49.7 Å². The van der Waals surface area contributed by atoms with Gasteiger partial charge in [0.15, 0.2) is 5.11 Å². The van der Waals surface area contributed by atoms with Gasteiger partial charge in [0.25, 0.3) is 0 Å². The summed E-state index contributed by atoms with van der Waals surface area (Å²) < 4.78 is 26.8. The molecule has 1 aliphatic heterocycles. The van der Waals surface area contributed by atoms with Crippen LogP contribution in [0.2, 0.25) is 5.02 Å². The highest BCUT2D eigenvalue weighted by Crippen LogP contribution is 2.36. The van der Waals surface area contributed by atoms with Gasteiger partial charge in [0.1, 0.15) is 6.17 Å². The number of thiocarbonyl (C=S) groups is 1. The summed E-state index contributed by atoms with van der Waals surface area (Å²) in [6.45, 7) is 1.41. The van der Waals surface area contributed by atoms with E-state index in [1.165, 1.54) is 0 Å². The van der Waals surface area contributed by atoms with Crippen molar-refractivity contribution in [3.63, 3.8) is 0 Å². The number of nitrogens with zero attached hydrogens (tertiary/aromatic N) is 2. The van der Waals surface area contributed by atoms with E-state index < -0.39 is 12.7 Å². The molecule has 0 amide bonds. The van der Waals surface area contributed by atoms with Gasteiger partial charge < -0.3 is 0 Å². The summed E-state index contributed by atoms with van der Waals surface area (Å²) in [4.78, 5) is 1.69. The smallest absolute Gasteiger partial charge is 0.296 e. The van der Waals surface area contributed by atoms with E-state index in [-0.39, 0.29) is 11.0 Å². The molecule has 7 heteroatoms. The predicted molar refractivity (Wildman–Crippen MR) is 101 cm³/mol. The quantitative estimate of drug-likeness (QED) is 0.572. The Balaban J connectivity index is 2.09. The minimum Gasteiger partial charge on any atom is -0.296 e. The molecule has 1 unspecified atom stereocenters. The summed E-state index contributed by atoms with van der Waals surface area (Å²) in [5.41, 5.74) is 5.55. The third-order valence-electron chi connectivity index (χ3n) is 4.14. The van der Waals surface area contributed by atoms with Gasteiger partial charge in [-0.2, -0.15) is 8.78 Å². The second-order valence-electron chi connectivity index (χ2n) is 6.09. The predicted octanol–water partition coefficient (Wildman–Crippen LogP) is 5.30. The van der Waals surface area contributed by atoms with E-state index in [4.69, 9.17) is 23.8 Å². The Kier molecular flexibility index (Phi) is 5.22. The SMILES string of the molecule is CC(C)c1ccccc1C1NN(C(F)F)C(=S)N1c1ccc(Cl)cc1. The molecule has 1 saturated heterocycles. The topological polar surface area (TPSA) is 18.5 Å². The highest BCUT2D eigenvalue weighted by Gasteiger charge is 2.40. The maximum Gasteiger partial charge on any atom is 0.330 e. The van der Waals surface area contributed by atoms with E-state index in [2.05, 4.69) is 19.3 Å². The molecular formula is C18H18ClF2N3S. The van der Waals surface area contributed by atoms with Crippen LogP contribution in [0.15, 0.2) is 48.5 Å². The molecule has 2 aromatic rings. The lowest BCUT2D eigenvalue weighted by Crippen LogP contribution is -2.39. The average molecular weight is 382 g/mol. The van der Waals surface area contributed by atoms with Crippen molar-refractivity contribution in [3.05, 3.63) is 64.7 Å². The third kappa shape index (κ3) is 3.47. The zero-order valence-electron chi connectivity index (χ0n) is 13.8. The number of benzene rings is 2. The van der Waals surface area contributed by atoms with Crippen molar-refractivity contribution in [2.45, 2.75) is 32.5 Å². The number of hydrogen-bond acceptors (Lipinski definition) is 2. The Labute approximate surface area is 156 Å². The minimum absolute atomic E-state index is 0.0286. The van der Waals surface area contributed by atoms with Gasteiger partial charge in [0.05, 0.1) is 0 Å². The maximum absolute atomic E-state index is 13.4. The first kappa shape index (κ1) is 18.0. The molecule has 1 atom stereocenters. The van der Waals surface area contributed by atoms with Crippen LogP contribution in [0.5, 0.6) is 0 Å². The number of anilines is 1. The van der Waals surface area contributed by atoms with Gasteiger partial charge in [0.2, 0.25) is 0 Å². The lowest BCUT2D eigenvalue weighted by atomic mass is 9.95. The number of nitrogens with one attached hydrogen (secondary N) is 1. The second kappa shape index (κ2) is 7.23. The van der Waals surface area contributed by atoms with Crippen LogP contribution in [0.1, 0.15) is 37.1 Å². The summed E-state index contributed by atoms with van der Waals surface area (Å²) in [6, 6.07) is 14.8. The van der Waals surface area contributed by atoms with Gasteiger partial charge in [-0.15, -0.1) is 0 Å². The first-order valence-electron chi connectivity index (χ1n) is 7.91. The highest BCUT2D eigenvalue weighted by atomic mass is 35.5. The Morgan fingerprint density at radius 1 is 1.08 bits per heavy atom. The fourth-order valence-corrected chi connectivity index (χ4v) is 3.44. The second-order valence-corrected chi connectivity index (χ2v) is 6.89. The van der Waals surface area contributed by atoms with Crippen molar-refractivity contribution in [1.82, 2.24) is 10.4 Å². The molecule has 25 heavy (non-hydrogen) atoms. The van der Waals surface area contributed by atoms with Crippen LogP contribution in [0.25, 0.3) is 0 Å². The normalized spacial score (nSPS) is 17.9. The fourth-order valence-electron chi connectivity index (χ4n) is 2.97. The van der Waals surface area contributed by atoms with Crippen LogP contribution in [-0.2, 0) is 0 Å². The standard InChI is InChI=1S/C18H18ClF2N3S/c1-11(2)14-5-3-4-6-15(14)16-22-24(17(20)21)18(25)23(16)13-9-7-12(19)8-10-13/h3-11,16-17,22H,1-2H3. The molecule has 3 rings (SSSR count). The summed E-state index contributed by atoms with van der Waals surface area (Å²) in [5.74, 6) is 0.249. The molecule has 1 N–H and O–H groups in total. The molecular weight excluding hydrogens is 364 g/mol. The van der Waals surface area contributed by atoms with E-state index in [0.717, 1.165) is 16.1 Å². The molecule has 0 saturated carbocycles. The summed E-state index contributed by atoms with van der Waals surface area (Å²) >= 11 is 11.3. The molecule has 1 fully saturated rings. The molecule has 0 spiro atoms. The summed E-state index contributed by atoms with van der Waals surface area (Å²) in [6.07, 6.45) is -0.513. The number of hydrazine groups is 1. The van der Waals surface area contributed by atoms with Crippen molar-refractivity contribution in [3.8, 4) is 0 Å². The molecule has 0 aliphatic carbocycles. The molecule has 1 aliphatic rings. The maximum atomic E-state index is 13.4. The van der Waals surface area contributed by atoms with Gasteiger partial charge in [-0.25, -0.2) is 10.4 Å². The van der Waals surface area contributed by atoms with Crippen molar-refractivity contribution in [1.29, 1.82) is 0 Å². The van der Waals surface area contributed by atoms with Crippen LogP contribution < -0.4 is 10.3 Å². The summed E-state index contributed by atoms with van der Waals surface area (Å²) in [7, 11) is 0. The molecule has 2 aromatic carbocycles. The fraction of sp³-hybridized carbons (Fsp3) is 0.278. The van der Waals surface area contributed by atoms with E-state index in [0.29, 0.717) is 10.7 Å². The average Bonchev–Trinajstić information content (AvgIpc) is 2.93. The highest BCUT2D eigenvalue weighted by molar-refractivity contribution is 7.80. The number of rotatable bonds is 4. The van der Waals surface area contributed by atoms with Crippen molar-refractivity contribution >= 4 is 34.6 Å². The molecule has 0 radical (unpaired) electrons. The minimum atomic E-state index is -2.74. The molecule has 0 aromatic heterocycles. The molecule has 132 valence electrons. The van der Waals surface area contributed by atoms with Gasteiger partial charge in [0, 0.05) is 10.7 Å². The van der Waals surface area contributed by atoms with Crippen LogP contribution in [0.4, 0.5) is 14.5 Å². The van der Waals surface area contributed by atoms with E-state index in [1.54, 1.807) is 29.2 Å². The molecule has 1 heterocycles. The van der Waals surface area contributed by atoms with Gasteiger partial charge in [-0.3, -0.25) is 4.90 Å². The van der Waals surface area contributed by atoms with E-state index >= 15 is 0 Å². The Morgan fingerprint density at radius 3 is 2.32 bits per heavy atom. The summed E-state index contributed by atoms with van der Waals surface area (Å²) in [5, 5.41) is 1.33. The van der Waals surface area contributed by atoms with Crippen LogP contribution in [0, 0.1) is 0 Å². The third-order valence-corrected chi connectivity index (χ3v) is 4.79. The van der Waals surface area contributed by atoms with Crippen LogP contribution in [0.3, 0.4) is 0 Å². The molecule has 0 bridgehead atoms. The van der Waals surface area contributed by atoms with E-state index in [1.807, 2.05) is 24.3 Å². The largest absolute Gasteiger partial charge is 0.330 e. The number of hydrogen-bond donors (Lipinski definition) is 1. The van der Waals surface area contributed by atoms with Crippen molar-refractivity contribution in [2.75, 3.05) is 4.90 Å². The Morgan fingerprint density at radius 2 is 1.72 bits per heavy atom. The van der Waals surface area contributed by atoms with Crippen LogP contribution >= 0.6 is 23.8 Å². The zero-order valence-corrected chi connectivity index (χ0v) is 15.4. The lowest BCUT2D eigenvalue weighted by molar-refractivity contribution is -0.00398. The van der Waals surface area contributed by atoms with E-state index in [9.17, 15) is 8.78 Å². The van der Waals surface area contributed by atoms with Crippen molar-refractivity contribution in [2.24, 2.45) is 0 Å². The zero-order chi connectivity index (χ0) is 18.1. The number of halogens is 3. The Bertz CT molecular complexity index is 767. The number of alkyl halides is 2. The van der Waals surface area contributed by atoms with Gasteiger partial charge in [-0.05, 0) is 53.5 Å². The lowest BCUT2D eigenvalue weighted by Gasteiger charge is -2.27. The first-order chi connectivity index (χ1) is 11.9. The Hall–Kier alpha value is -1.76.